The molecule has 0 aliphatic carbocycles. The lowest BCUT2D eigenvalue weighted by atomic mass is 10.0. The molecule has 1 aromatic heterocycles. The van der Waals surface area contributed by atoms with Gasteiger partial charge >= 0.3 is 0 Å². The Hall–Kier alpha value is -3.35. The maximum absolute atomic E-state index is 13.0. The van der Waals surface area contributed by atoms with Gasteiger partial charge in [0.05, 0.1) is 17.4 Å². The van der Waals surface area contributed by atoms with Crippen LogP contribution in [0.2, 0.25) is 0 Å². The number of ether oxygens (including phenoxy) is 1. The van der Waals surface area contributed by atoms with Gasteiger partial charge in [0.25, 0.3) is 11.8 Å². The number of aromatic nitrogens is 2. The molecule has 1 aliphatic rings. The lowest BCUT2D eigenvalue weighted by molar-refractivity contribution is -0.137. The summed E-state index contributed by atoms with van der Waals surface area (Å²) in [4.78, 5) is 36.9. The minimum Gasteiger partial charge on any atom is -0.481 e. The molecule has 1 unspecified atom stereocenters. The first-order chi connectivity index (χ1) is 15.4. The Balaban J connectivity index is 1.35. The summed E-state index contributed by atoms with van der Waals surface area (Å²) in [6, 6.07) is 13.4. The molecule has 1 aliphatic heterocycles. The van der Waals surface area contributed by atoms with Gasteiger partial charge in [0.15, 0.2) is 6.10 Å². The van der Waals surface area contributed by atoms with Crippen LogP contribution in [0.4, 0.5) is 0 Å². The number of carbonyl (C=O) groups is 2. The normalized spacial score (nSPS) is 15.6. The Bertz CT molecular complexity index is 1090. The first-order valence-electron chi connectivity index (χ1n) is 11.2. The summed E-state index contributed by atoms with van der Waals surface area (Å²) in [7, 11) is 0. The summed E-state index contributed by atoms with van der Waals surface area (Å²) in [6.45, 7) is 8.30. The molecular formula is C25H30N4O3. The number of aromatic amines is 1. The molecular weight excluding hydrogens is 404 g/mol. The second-order valence-electron chi connectivity index (χ2n) is 8.59. The smallest absolute Gasteiger partial charge is 0.263 e. The van der Waals surface area contributed by atoms with Gasteiger partial charge in [-0.25, -0.2) is 4.98 Å². The average molecular weight is 435 g/mol. The molecule has 3 aromatic rings. The molecule has 0 radical (unpaired) electrons. The zero-order valence-corrected chi connectivity index (χ0v) is 18.9. The van der Waals surface area contributed by atoms with Crippen LogP contribution in [0.1, 0.15) is 49.0 Å². The molecule has 168 valence electrons. The molecule has 1 atom stereocenters. The second-order valence-corrected chi connectivity index (χ2v) is 8.59. The lowest BCUT2D eigenvalue weighted by Gasteiger charge is -2.25. The van der Waals surface area contributed by atoms with Gasteiger partial charge in [-0.2, -0.15) is 0 Å². The monoisotopic (exact) mass is 434 g/mol. The molecule has 7 nitrogen and oxygen atoms in total. The Morgan fingerprint density at radius 2 is 1.69 bits per heavy atom. The predicted molar refractivity (Wildman–Crippen MR) is 124 cm³/mol. The molecule has 0 bridgehead atoms. The Morgan fingerprint density at radius 1 is 0.969 bits per heavy atom. The van der Waals surface area contributed by atoms with Crippen molar-refractivity contribution in [2.24, 2.45) is 0 Å². The summed E-state index contributed by atoms with van der Waals surface area (Å²) in [5.41, 5.74) is 3.54. The summed E-state index contributed by atoms with van der Waals surface area (Å²) < 4.78 is 5.90. The van der Waals surface area contributed by atoms with Crippen LogP contribution in [0, 0.1) is 0 Å². The number of H-pyrrole nitrogens is 1. The predicted octanol–water partition coefficient (Wildman–Crippen LogP) is 3.83. The van der Waals surface area contributed by atoms with Crippen molar-refractivity contribution < 1.29 is 14.3 Å². The maximum Gasteiger partial charge on any atom is 0.263 e. The fourth-order valence-electron chi connectivity index (χ4n) is 4.04. The van der Waals surface area contributed by atoms with E-state index in [0.29, 0.717) is 43.4 Å². The van der Waals surface area contributed by atoms with Crippen LogP contribution in [0.3, 0.4) is 0 Å². The van der Waals surface area contributed by atoms with Gasteiger partial charge in [-0.05, 0) is 55.2 Å². The van der Waals surface area contributed by atoms with E-state index in [4.69, 9.17) is 4.74 Å². The number of hydrogen-bond donors (Lipinski definition) is 1. The van der Waals surface area contributed by atoms with Gasteiger partial charge in [-0.1, -0.05) is 26.0 Å². The van der Waals surface area contributed by atoms with E-state index in [1.54, 1.807) is 24.2 Å². The SMILES string of the molecule is CC(Oc1ccc(C(C)C)cc1)C(=O)N1CCCN(C(=O)c2ccc3nc[nH]c3c2)CC1. The van der Waals surface area contributed by atoms with Crippen LogP contribution < -0.4 is 4.74 Å². The van der Waals surface area contributed by atoms with Crippen LogP contribution >= 0.6 is 0 Å². The minimum absolute atomic E-state index is 0.0228. The van der Waals surface area contributed by atoms with Gasteiger partial charge in [0.1, 0.15) is 5.75 Å². The van der Waals surface area contributed by atoms with E-state index in [2.05, 4.69) is 23.8 Å². The quantitative estimate of drug-likeness (QED) is 0.662. The van der Waals surface area contributed by atoms with Gasteiger partial charge in [0, 0.05) is 31.7 Å². The van der Waals surface area contributed by atoms with Crippen molar-refractivity contribution in [3.05, 3.63) is 59.9 Å². The highest BCUT2D eigenvalue weighted by Crippen LogP contribution is 2.20. The van der Waals surface area contributed by atoms with Crippen LogP contribution in [0.25, 0.3) is 11.0 Å². The van der Waals surface area contributed by atoms with E-state index in [1.807, 2.05) is 41.3 Å². The first-order valence-corrected chi connectivity index (χ1v) is 11.2. The highest BCUT2D eigenvalue weighted by Gasteiger charge is 2.26. The van der Waals surface area contributed by atoms with E-state index in [9.17, 15) is 9.59 Å². The Kier molecular flexibility index (Phi) is 6.44. The number of benzene rings is 2. The van der Waals surface area contributed by atoms with Crippen molar-refractivity contribution >= 4 is 22.8 Å². The number of hydrogen-bond acceptors (Lipinski definition) is 4. The van der Waals surface area contributed by atoms with Crippen molar-refractivity contribution in [1.82, 2.24) is 19.8 Å². The lowest BCUT2D eigenvalue weighted by Crippen LogP contribution is -2.43. The summed E-state index contributed by atoms with van der Waals surface area (Å²) >= 11 is 0. The first kappa shape index (κ1) is 21.9. The van der Waals surface area contributed by atoms with Crippen LogP contribution in [-0.2, 0) is 4.79 Å². The van der Waals surface area contributed by atoms with Crippen molar-refractivity contribution in [2.75, 3.05) is 26.2 Å². The zero-order chi connectivity index (χ0) is 22.7. The maximum atomic E-state index is 13.0. The van der Waals surface area contributed by atoms with Crippen molar-refractivity contribution in [2.45, 2.75) is 39.2 Å². The average Bonchev–Trinajstić information content (AvgIpc) is 3.13. The van der Waals surface area contributed by atoms with E-state index in [1.165, 1.54) is 5.56 Å². The number of imidazole rings is 1. The summed E-state index contributed by atoms with van der Waals surface area (Å²) in [6.07, 6.45) is 1.78. The zero-order valence-electron chi connectivity index (χ0n) is 18.9. The molecule has 2 amide bonds. The van der Waals surface area contributed by atoms with E-state index >= 15 is 0 Å². The minimum atomic E-state index is -0.579. The summed E-state index contributed by atoms with van der Waals surface area (Å²) in [5, 5.41) is 0. The van der Waals surface area contributed by atoms with Crippen molar-refractivity contribution in [1.29, 1.82) is 0 Å². The summed E-state index contributed by atoms with van der Waals surface area (Å²) in [5.74, 6) is 1.07. The van der Waals surface area contributed by atoms with Crippen molar-refractivity contribution in [3.8, 4) is 5.75 Å². The fraction of sp³-hybridized carbons (Fsp3) is 0.400. The van der Waals surface area contributed by atoms with Gasteiger partial charge in [-0.3, -0.25) is 9.59 Å². The topological polar surface area (TPSA) is 78.5 Å². The molecule has 1 saturated heterocycles. The van der Waals surface area contributed by atoms with Crippen LogP contribution in [0.5, 0.6) is 5.75 Å². The molecule has 2 aromatic carbocycles. The Morgan fingerprint density at radius 3 is 2.44 bits per heavy atom. The van der Waals surface area contributed by atoms with Crippen LogP contribution in [0.15, 0.2) is 48.8 Å². The van der Waals surface area contributed by atoms with E-state index in [-0.39, 0.29) is 11.8 Å². The number of nitrogens with zero attached hydrogens (tertiary/aromatic N) is 3. The molecule has 4 rings (SSSR count). The standard InChI is InChI=1S/C25H30N4O3/c1-17(2)19-5-8-21(9-6-19)32-18(3)24(30)28-11-4-12-29(14-13-28)25(31)20-7-10-22-23(15-20)27-16-26-22/h5-10,15-18H,4,11-14H2,1-3H3,(H,26,27). The van der Waals surface area contributed by atoms with E-state index < -0.39 is 6.10 Å². The molecule has 32 heavy (non-hydrogen) atoms. The van der Waals surface area contributed by atoms with E-state index in [0.717, 1.165) is 17.5 Å². The molecule has 0 saturated carbocycles. The number of nitrogens with one attached hydrogen (secondary N) is 1. The van der Waals surface area contributed by atoms with Crippen LogP contribution in [-0.4, -0.2) is 63.9 Å². The number of rotatable bonds is 5. The second kappa shape index (κ2) is 9.42. The molecule has 7 heteroatoms. The third-order valence-electron chi connectivity index (χ3n) is 5.97. The third-order valence-corrected chi connectivity index (χ3v) is 5.97. The molecule has 1 fully saturated rings. The molecule has 2 heterocycles. The molecule has 0 spiro atoms. The highest BCUT2D eigenvalue weighted by molar-refractivity contribution is 5.97. The molecule has 1 N–H and O–H groups in total. The third kappa shape index (κ3) is 4.77. The number of carbonyl (C=O) groups excluding carboxylic acids is 2. The fourth-order valence-corrected chi connectivity index (χ4v) is 4.04. The largest absolute Gasteiger partial charge is 0.481 e. The van der Waals surface area contributed by atoms with Crippen molar-refractivity contribution in [3.63, 3.8) is 0 Å². The van der Waals surface area contributed by atoms with Gasteiger partial charge in [0.2, 0.25) is 0 Å². The highest BCUT2D eigenvalue weighted by atomic mass is 16.5. The van der Waals surface area contributed by atoms with Gasteiger partial charge in [-0.15, -0.1) is 0 Å². The number of fused-ring (bicyclic) bond motifs is 1. The number of amides is 2. The Labute approximate surface area is 188 Å². The van der Waals surface area contributed by atoms with Gasteiger partial charge < -0.3 is 19.5 Å².